The smallest absolute Gasteiger partial charge is 0.332 e. The van der Waals surface area contributed by atoms with Crippen LogP contribution in [0.3, 0.4) is 0 Å². The summed E-state index contributed by atoms with van der Waals surface area (Å²) in [5.41, 5.74) is 6.27. The Morgan fingerprint density at radius 1 is 1.38 bits per heavy atom. The van der Waals surface area contributed by atoms with Gasteiger partial charge in [-0.3, -0.25) is 0 Å². The third-order valence-electron chi connectivity index (χ3n) is 2.41. The number of nitrogens with two attached hydrogens (primary N) is 1. The molecule has 1 aromatic rings. The Balaban J connectivity index is 2.26. The zero-order chi connectivity index (χ0) is 12.0. The third kappa shape index (κ3) is 4.65. The summed E-state index contributed by atoms with van der Waals surface area (Å²) >= 11 is 0. The predicted molar refractivity (Wildman–Crippen MR) is 66.4 cm³/mol. The summed E-state index contributed by atoms with van der Waals surface area (Å²) in [5, 5.41) is 0. The molecule has 0 atom stereocenters. The molecule has 0 bridgehead atoms. The van der Waals surface area contributed by atoms with Gasteiger partial charge >= 0.3 is 8.56 Å². The highest BCUT2D eigenvalue weighted by Gasteiger charge is 2.25. The quantitative estimate of drug-likeness (QED) is 0.400. The molecule has 0 aliphatic carbocycles. The zero-order valence-electron chi connectivity index (χ0n) is 9.52. The van der Waals surface area contributed by atoms with Crippen LogP contribution in [0.2, 0.25) is 12.1 Å². The number of anilines is 1. The van der Waals surface area contributed by atoms with Crippen molar-refractivity contribution in [1.82, 2.24) is 0 Å². The van der Waals surface area contributed by atoms with E-state index in [9.17, 15) is 9.59 Å². The molecule has 4 nitrogen and oxygen atoms in total. The van der Waals surface area contributed by atoms with Gasteiger partial charge in [0.2, 0.25) is 0 Å². The van der Waals surface area contributed by atoms with Gasteiger partial charge in [-0.2, -0.15) is 0 Å². The van der Waals surface area contributed by atoms with E-state index in [2.05, 4.69) is 0 Å². The van der Waals surface area contributed by atoms with E-state index in [0.29, 0.717) is 30.8 Å². The van der Waals surface area contributed by atoms with Crippen LogP contribution in [0.15, 0.2) is 24.3 Å². The predicted octanol–water partition coefficient (Wildman–Crippen LogP) is 1.48. The molecule has 0 heterocycles. The third-order valence-corrected chi connectivity index (χ3v) is 4.70. The zero-order valence-corrected chi connectivity index (χ0v) is 10.5. The second-order valence-corrected chi connectivity index (χ2v) is 7.03. The van der Waals surface area contributed by atoms with Crippen LogP contribution in [0.4, 0.5) is 5.69 Å². The Labute approximate surface area is 96.9 Å². The highest BCUT2D eigenvalue weighted by atomic mass is 28.4. The van der Waals surface area contributed by atoms with E-state index in [4.69, 9.17) is 10.5 Å². The van der Waals surface area contributed by atoms with Crippen LogP contribution < -0.4 is 10.5 Å². The molecule has 1 aromatic carbocycles. The maximum Gasteiger partial charge on any atom is 0.332 e. The van der Waals surface area contributed by atoms with E-state index in [1.54, 1.807) is 19.1 Å². The van der Waals surface area contributed by atoms with E-state index >= 15 is 0 Å². The average molecular weight is 241 g/mol. The van der Waals surface area contributed by atoms with Crippen molar-refractivity contribution in [2.24, 2.45) is 0 Å². The molecule has 0 aliphatic rings. The lowest BCUT2D eigenvalue weighted by Crippen LogP contribution is -2.33. The number of benzene rings is 1. The summed E-state index contributed by atoms with van der Waals surface area (Å²) in [6.07, 6.45) is 0.655. The van der Waals surface area contributed by atoms with Gasteiger partial charge in [0.25, 0.3) is 0 Å². The normalized spacial score (nSPS) is 11.4. The van der Waals surface area contributed by atoms with Crippen LogP contribution in [0.25, 0.3) is 0 Å². The topological polar surface area (TPSA) is 75.7 Å². The fourth-order valence-corrected chi connectivity index (χ4v) is 2.39. The Morgan fingerprint density at radius 2 is 2.12 bits per heavy atom. The lowest BCUT2D eigenvalue weighted by atomic mass is 10.3. The largest absolute Gasteiger partial charge is 0.494 e. The molecule has 0 saturated carbocycles. The molecule has 4 N–H and O–H groups in total. The van der Waals surface area contributed by atoms with Crippen molar-refractivity contribution in [3.63, 3.8) is 0 Å². The van der Waals surface area contributed by atoms with E-state index in [1.165, 1.54) is 0 Å². The molecule has 0 saturated heterocycles. The number of nitrogen functional groups attached to an aromatic ring is 1. The first kappa shape index (κ1) is 13.0. The summed E-state index contributed by atoms with van der Waals surface area (Å²) in [6.45, 7) is 2.28. The van der Waals surface area contributed by atoms with E-state index in [1.807, 2.05) is 12.1 Å². The fourth-order valence-electron chi connectivity index (χ4n) is 1.33. The van der Waals surface area contributed by atoms with Gasteiger partial charge in [-0.1, -0.05) is 13.0 Å². The van der Waals surface area contributed by atoms with Crippen molar-refractivity contribution in [2.75, 3.05) is 12.3 Å². The molecule has 16 heavy (non-hydrogen) atoms. The van der Waals surface area contributed by atoms with Crippen LogP contribution in [0.5, 0.6) is 5.75 Å². The lowest BCUT2D eigenvalue weighted by Gasteiger charge is -2.15. The van der Waals surface area contributed by atoms with Crippen LogP contribution in [0, 0.1) is 0 Å². The monoisotopic (exact) mass is 241 g/mol. The van der Waals surface area contributed by atoms with Crippen molar-refractivity contribution in [2.45, 2.75) is 25.4 Å². The van der Waals surface area contributed by atoms with Crippen molar-refractivity contribution in [1.29, 1.82) is 0 Å². The molecule has 0 radical (unpaired) electrons. The van der Waals surface area contributed by atoms with Crippen molar-refractivity contribution < 1.29 is 14.3 Å². The lowest BCUT2D eigenvalue weighted by molar-refractivity contribution is 0.302. The molecule has 0 spiro atoms. The first-order valence-corrected chi connectivity index (χ1v) is 7.77. The molecule has 5 heteroatoms. The minimum absolute atomic E-state index is 0.450. The number of ether oxygens (including phenoxy) is 1. The van der Waals surface area contributed by atoms with Gasteiger partial charge in [0.05, 0.1) is 6.61 Å². The fraction of sp³-hybridized carbons (Fsp3) is 0.455. The second kappa shape index (κ2) is 5.88. The number of hydrogen-bond donors (Lipinski definition) is 3. The Hall–Kier alpha value is -1.04. The SMILES string of the molecule is CC[Si](O)(O)CCCOc1cccc(N)c1. The van der Waals surface area contributed by atoms with Gasteiger partial charge in [-0.05, 0) is 30.6 Å². The number of hydrogen-bond acceptors (Lipinski definition) is 4. The van der Waals surface area contributed by atoms with Crippen LogP contribution in [-0.4, -0.2) is 24.8 Å². The van der Waals surface area contributed by atoms with Gasteiger partial charge in [0.15, 0.2) is 0 Å². The number of rotatable bonds is 6. The van der Waals surface area contributed by atoms with Crippen molar-refractivity contribution in [3.8, 4) is 5.75 Å². The summed E-state index contributed by atoms with van der Waals surface area (Å²) in [6, 6.07) is 8.12. The van der Waals surface area contributed by atoms with Crippen LogP contribution in [-0.2, 0) is 0 Å². The minimum atomic E-state index is -2.93. The Bertz CT molecular complexity index is 331. The molecular weight excluding hydrogens is 222 g/mol. The van der Waals surface area contributed by atoms with Gasteiger partial charge < -0.3 is 20.1 Å². The molecule has 0 fully saturated rings. The summed E-state index contributed by atoms with van der Waals surface area (Å²) in [4.78, 5) is 19.0. The van der Waals surface area contributed by atoms with Crippen LogP contribution >= 0.6 is 0 Å². The van der Waals surface area contributed by atoms with E-state index in [-0.39, 0.29) is 0 Å². The van der Waals surface area contributed by atoms with E-state index in [0.717, 1.165) is 5.75 Å². The van der Waals surface area contributed by atoms with E-state index < -0.39 is 8.56 Å². The molecule has 0 aromatic heterocycles. The highest BCUT2D eigenvalue weighted by molar-refractivity contribution is 6.64. The van der Waals surface area contributed by atoms with Crippen LogP contribution in [0.1, 0.15) is 13.3 Å². The summed E-state index contributed by atoms with van der Waals surface area (Å²) in [7, 11) is -2.93. The van der Waals surface area contributed by atoms with Crippen molar-refractivity contribution >= 4 is 14.2 Å². The Morgan fingerprint density at radius 3 is 2.75 bits per heavy atom. The Kier molecular flexibility index (Phi) is 4.79. The van der Waals surface area contributed by atoms with Gasteiger partial charge in [-0.25, -0.2) is 0 Å². The molecule has 0 unspecified atom stereocenters. The minimum Gasteiger partial charge on any atom is -0.494 e. The highest BCUT2D eigenvalue weighted by Crippen LogP contribution is 2.16. The molecule has 1 rings (SSSR count). The molecule has 90 valence electrons. The first-order valence-electron chi connectivity index (χ1n) is 5.46. The van der Waals surface area contributed by atoms with Gasteiger partial charge in [0.1, 0.15) is 5.75 Å². The maximum absolute atomic E-state index is 9.48. The maximum atomic E-state index is 9.48. The summed E-state index contributed by atoms with van der Waals surface area (Å²) in [5.74, 6) is 0.722. The summed E-state index contributed by atoms with van der Waals surface area (Å²) < 4.78 is 5.45. The second-order valence-electron chi connectivity index (χ2n) is 3.86. The average Bonchev–Trinajstić information content (AvgIpc) is 2.25. The van der Waals surface area contributed by atoms with Gasteiger partial charge in [0, 0.05) is 11.8 Å². The molecule has 0 amide bonds. The van der Waals surface area contributed by atoms with Crippen molar-refractivity contribution in [3.05, 3.63) is 24.3 Å². The molecule has 0 aliphatic heterocycles. The van der Waals surface area contributed by atoms with Gasteiger partial charge in [-0.15, -0.1) is 0 Å². The molecular formula is C11H19NO3Si. The standard InChI is InChI=1S/C11H19NO3Si/c1-2-16(13,14)8-4-7-15-11-6-3-5-10(12)9-11/h3,5-6,9,13-14H,2,4,7-8,12H2,1H3. The first-order chi connectivity index (χ1) is 7.53.